The Labute approximate surface area is 94.0 Å². The lowest BCUT2D eigenvalue weighted by atomic mass is 9.90. The number of nitrogens with zero attached hydrogens (tertiary/aromatic N) is 1. The van der Waals surface area contributed by atoms with Gasteiger partial charge in [0.05, 0.1) is 12.1 Å². The summed E-state index contributed by atoms with van der Waals surface area (Å²) in [5, 5.41) is 0. The first kappa shape index (κ1) is 12.9. The number of rotatable bonds is 6. The predicted molar refractivity (Wildman–Crippen MR) is 64.0 cm³/mol. The van der Waals surface area contributed by atoms with Crippen molar-refractivity contribution in [2.75, 3.05) is 33.4 Å². The molecule has 0 aromatic heterocycles. The van der Waals surface area contributed by atoms with Crippen LogP contribution < -0.4 is 5.73 Å². The topological polar surface area (TPSA) is 38.5 Å². The Kier molecular flexibility index (Phi) is 5.58. The Morgan fingerprint density at radius 2 is 2.20 bits per heavy atom. The van der Waals surface area contributed by atoms with Crippen molar-refractivity contribution in [3.8, 4) is 0 Å². The molecule has 1 saturated heterocycles. The smallest absolute Gasteiger partial charge is 0.0662 e. The molecule has 2 N–H and O–H groups in total. The molecule has 1 aliphatic heterocycles. The van der Waals surface area contributed by atoms with Gasteiger partial charge in [0.2, 0.25) is 0 Å². The fraction of sp³-hybridized carbons (Fsp3) is 1.00. The van der Waals surface area contributed by atoms with Crippen LogP contribution >= 0.6 is 0 Å². The van der Waals surface area contributed by atoms with Gasteiger partial charge in [-0.15, -0.1) is 0 Å². The molecule has 1 atom stereocenters. The molecule has 0 radical (unpaired) electrons. The van der Waals surface area contributed by atoms with Gasteiger partial charge in [0, 0.05) is 13.2 Å². The molecule has 1 aliphatic rings. The third-order valence-corrected chi connectivity index (χ3v) is 3.59. The van der Waals surface area contributed by atoms with E-state index in [1.807, 2.05) is 0 Å². The summed E-state index contributed by atoms with van der Waals surface area (Å²) in [6.45, 7) is 5.82. The van der Waals surface area contributed by atoms with Crippen LogP contribution in [-0.4, -0.2) is 43.8 Å². The second-order valence-corrected chi connectivity index (χ2v) is 4.71. The first-order valence-electron chi connectivity index (χ1n) is 6.24. The quantitative estimate of drug-likeness (QED) is 0.683. The molecule has 0 saturated carbocycles. The third-order valence-electron chi connectivity index (χ3n) is 3.59. The van der Waals surface area contributed by atoms with Crippen molar-refractivity contribution in [1.29, 1.82) is 0 Å². The molecule has 3 nitrogen and oxygen atoms in total. The van der Waals surface area contributed by atoms with Crippen LogP contribution in [0.5, 0.6) is 0 Å². The van der Waals surface area contributed by atoms with Gasteiger partial charge in [0.25, 0.3) is 0 Å². The van der Waals surface area contributed by atoms with Crippen LogP contribution in [0.3, 0.4) is 0 Å². The molecule has 1 heterocycles. The van der Waals surface area contributed by atoms with E-state index in [4.69, 9.17) is 10.5 Å². The van der Waals surface area contributed by atoms with E-state index in [0.717, 1.165) is 32.7 Å². The van der Waals surface area contributed by atoms with E-state index in [9.17, 15) is 0 Å². The first-order valence-corrected chi connectivity index (χ1v) is 6.24. The van der Waals surface area contributed by atoms with E-state index in [0.29, 0.717) is 0 Å². The van der Waals surface area contributed by atoms with Gasteiger partial charge in [0.15, 0.2) is 0 Å². The van der Waals surface area contributed by atoms with Crippen LogP contribution in [0.25, 0.3) is 0 Å². The highest BCUT2D eigenvalue weighted by molar-refractivity contribution is 4.92. The van der Waals surface area contributed by atoms with Crippen LogP contribution in [0.1, 0.15) is 39.0 Å². The molecule has 3 heteroatoms. The number of hydrogen-bond acceptors (Lipinski definition) is 3. The summed E-state index contributed by atoms with van der Waals surface area (Å²) in [6.07, 6.45) is 6.20. The molecule has 1 fully saturated rings. The Morgan fingerprint density at radius 3 is 2.73 bits per heavy atom. The van der Waals surface area contributed by atoms with Gasteiger partial charge in [-0.25, -0.2) is 0 Å². The number of nitrogens with two attached hydrogens (primary N) is 1. The molecular formula is C12H26N2O. The molecule has 0 aliphatic carbocycles. The minimum Gasteiger partial charge on any atom is -0.379 e. The lowest BCUT2D eigenvalue weighted by molar-refractivity contribution is -0.0345. The lowest BCUT2D eigenvalue weighted by Gasteiger charge is -2.43. The fourth-order valence-electron chi connectivity index (χ4n) is 2.29. The highest BCUT2D eigenvalue weighted by Crippen LogP contribution is 2.24. The molecule has 1 rings (SSSR count). The van der Waals surface area contributed by atoms with Gasteiger partial charge in [0.1, 0.15) is 0 Å². The van der Waals surface area contributed by atoms with Crippen LogP contribution in [0.15, 0.2) is 0 Å². The maximum atomic E-state index is 5.92. The number of hydrogen-bond donors (Lipinski definition) is 1. The Balaban J connectivity index is 2.40. The maximum Gasteiger partial charge on any atom is 0.0662 e. The molecule has 0 aromatic rings. The van der Waals surface area contributed by atoms with E-state index in [2.05, 4.69) is 18.9 Å². The Morgan fingerprint density at radius 1 is 1.40 bits per heavy atom. The second kappa shape index (κ2) is 6.46. The van der Waals surface area contributed by atoms with Crippen molar-refractivity contribution in [3.63, 3.8) is 0 Å². The molecule has 0 amide bonds. The standard InChI is InChI=1S/C12H26N2O/c1-3-4-5-8-14(2)12(10-13)7-6-9-15-11-12/h3-11,13H2,1-2H3. The summed E-state index contributed by atoms with van der Waals surface area (Å²) >= 11 is 0. The average Bonchev–Trinajstić information content (AvgIpc) is 2.30. The van der Waals surface area contributed by atoms with Crippen molar-refractivity contribution in [1.82, 2.24) is 4.90 Å². The summed E-state index contributed by atoms with van der Waals surface area (Å²) < 4.78 is 5.58. The van der Waals surface area contributed by atoms with Gasteiger partial charge < -0.3 is 10.5 Å². The molecular weight excluding hydrogens is 188 g/mol. The molecule has 0 bridgehead atoms. The van der Waals surface area contributed by atoms with Gasteiger partial charge in [-0.3, -0.25) is 4.90 Å². The minimum absolute atomic E-state index is 0.117. The van der Waals surface area contributed by atoms with Crippen molar-refractivity contribution in [2.24, 2.45) is 5.73 Å². The maximum absolute atomic E-state index is 5.92. The third kappa shape index (κ3) is 3.44. The normalized spacial score (nSPS) is 27.2. The lowest BCUT2D eigenvalue weighted by Crippen LogP contribution is -2.57. The summed E-state index contributed by atoms with van der Waals surface area (Å²) in [5.74, 6) is 0. The zero-order valence-corrected chi connectivity index (χ0v) is 10.3. The minimum atomic E-state index is 0.117. The van der Waals surface area contributed by atoms with Gasteiger partial charge in [-0.05, 0) is 32.9 Å². The largest absolute Gasteiger partial charge is 0.379 e. The number of ether oxygens (including phenoxy) is 1. The zero-order valence-electron chi connectivity index (χ0n) is 10.3. The van der Waals surface area contributed by atoms with Crippen LogP contribution in [0, 0.1) is 0 Å². The Hall–Kier alpha value is -0.120. The fourth-order valence-corrected chi connectivity index (χ4v) is 2.29. The number of likely N-dealkylation sites (N-methyl/N-ethyl adjacent to an activating group) is 1. The van der Waals surface area contributed by atoms with Crippen molar-refractivity contribution < 1.29 is 4.74 Å². The van der Waals surface area contributed by atoms with Crippen LogP contribution in [-0.2, 0) is 4.74 Å². The van der Waals surface area contributed by atoms with E-state index < -0.39 is 0 Å². The van der Waals surface area contributed by atoms with Crippen LogP contribution in [0.2, 0.25) is 0 Å². The second-order valence-electron chi connectivity index (χ2n) is 4.71. The SMILES string of the molecule is CCCCCN(C)C1(CN)CCCOC1. The monoisotopic (exact) mass is 214 g/mol. The van der Waals surface area contributed by atoms with Crippen molar-refractivity contribution in [3.05, 3.63) is 0 Å². The summed E-state index contributed by atoms with van der Waals surface area (Å²) in [4.78, 5) is 2.42. The summed E-state index contributed by atoms with van der Waals surface area (Å²) in [6, 6.07) is 0. The Bertz CT molecular complexity index is 167. The molecule has 0 aromatic carbocycles. The first-order chi connectivity index (χ1) is 7.25. The zero-order chi connectivity index (χ0) is 11.1. The number of unbranched alkanes of at least 4 members (excludes halogenated alkanes) is 2. The molecule has 90 valence electrons. The molecule has 1 unspecified atom stereocenters. The van der Waals surface area contributed by atoms with Crippen LogP contribution in [0.4, 0.5) is 0 Å². The van der Waals surface area contributed by atoms with E-state index >= 15 is 0 Å². The highest BCUT2D eigenvalue weighted by atomic mass is 16.5. The summed E-state index contributed by atoms with van der Waals surface area (Å²) in [5.41, 5.74) is 6.04. The average molecular weight is 214 g/mol. The molecule has 15 heavy (non-hydrogen) atoms. The van der Waals surface area contributed by atoms with Crippen molar-refractivity contribution in [2.45, 2.75) is 44.6 Å². The van der Waals surface area contributed by atoms with E-state index in [1.54, 1.807) is 0 Å². The predicted octanol–water partition coefficient (Wildman–Crippen LogP) is 1.62. The van der Waals surface area contributed by atoms with Crippen molar-refractivity contribution >= 4 is 0 Å². The van der Waals surface area contributed by atoms with Gasteiger partial charge in [-0.1, -0.05) is 19.8 Å². The van der Waals surface area contributed by atoms with E-state index in [1.165, 1.54) is 25.7 Å². The highest BCUT2D eigenvalue weighted by Gasteiger charge is 2.35. The van der Waals surface area contributed by atoms with Gasteiger partial charge in [-0.2, -0.15) is 0 Å². The van der Waals surface area contributed by atoms with E-state index in [-0.39, 0.29) is 5.54 Å². The molecule has 0 spiro atoms. The van der Waals surface area contributed by atoms with Gasteiger partial charge >= 0.3 is 0 Å². The summed E-state index contributed by atoms with van der Waals surface area (Å²) in [7, 11) is 2.19.